The highest BCUT2D eigenvalue weighted by atomic mass is 35.5. The highest BCUT2D eigenvalue weighted by molar-refractivity contribution is 7.89. The number of nitrogens with one attached hydrogen (secondary N) is 1. The lowest BCUT2D eigenvalue weighted by atomic mass is 10.2. The number of rotatable bonds is 4. The summed E-state index contributed by atoms with van der Waals surface area (Å²) in [5, 5.41) is 12.1. The number of ether oxygens (including phenoxy) is 1. The quantitative estimate of drug-likeness (QED) is 0.826. The first-order valence-corrected chi connectivity index (χ1v) is 9.67. The lowest BCUT2D eigenvalue weighted by Crippen LogP contribution is -2.40. The summed E-state index contributed by atoms with van der Waals surface area (Å²) >= 11 is 6.08. The maximum Gasteiger partial charge on any atom is 0.255 e. The Morgan fingerprint density at radius 1 is 1.15 bits per heavy atom. The molecule has 0 atom stereocenters. The van der Waals surface area contributed by atoms with Crippen molar-refractivity contribution in [2.24, 2.45) is 0 Å². The minimum Gasteiger partial charge on any atom is -0.508 e. The lowest BCUT2D eigenvalue weighted by Gasteiger charge is -2.26. The number of amides is 1. The number of phenols is 1. The van der Waals surface area contributed by atoms with Crippen molar-refractivity contribution in [3.05, 3.63) is 53.1 Å². The molecule has 9 heteroatoms. The van der Waals surface area contributed by atoms with Crippen molar-refractivity contribution in [1.82, 2.24) is 4.31 Å². The van der Waals surface area contributed by atoms with Crippen molar-refractivity contribution >= 4 is 33.2 Å². The number of anilines is 1. The Morgan fingerprint density at radius 3 is 2.58 bits per heavy atom. The summed E-state index contributed by atoms with van der Waals surface area (Å²) in [6, 6.07) is 10.1. The minimum absolute atomic E-state index is 0.00879. The predicted octanol–water partition coefficient (Wildman–Crippen LogP) is 2.32. The van der Waals surface area contributed by atoms with Gasteiger partial charge in [0.2, 0.25) is 10.0 Å². The number of hydrogen-bond donors (Lipinski definition) is 2. The normalized spacial score (nSPS) is 15.6. The zero-order valence-electron chi connectivity index (χ0n) is 13.7. The van der Waals surface area contributed by atoms with Crippen molar-refractivity contribution < 1.29 is 23.1 Å². The summed E-state index contributed by atoms with van der Waals surface area (Å²) in [6.45, 7) is 1.10. The van der Waals surface area contributed by atoms with Crippen LogP contribution in [0.5, 0.6) is 5.75 Å². The number of sulfonamides is 1. The first-order chi connectivity index (χ1) is 12.4. The molecule has 26 heavy (non-hydrogen) atoms. The number of benzene rings is 2. The van der Waals surface area contributed by atoms with Crippen LogP contribution < -0.4 is 5.32 Å². The van der Waals surface area contributed by atoms with Crippen LogP contribution in [0.2, 0.25) is 5.02 Å². The second kappa shape index (κ2) is 7.63. The highest BCUT2D eigenvalue weighted by Gasteiger charge is 2.29. The molecule has 138 valence electrons. The Hall–Kier alpha value is -2.13. The van der Waals surface area contributed by atoms with Gasteiger partial charge in [0.1, 0.15) is 10.6 Å². The molecular weight excluding hydrogens is 380 g/mol. The van der Waals surface area contributed by atoms with Gasteiger partial charge in [-0.05, 0) is 30.3 Å². The van der Waals surface area contributed by atoms with E-state index in [1.54, 1.807) is 12.1 Å². The third-order valence-corrected chi connectivity index (χ3v) is 6.27. The Balaban J connectivity index is 1.88. The Labute approximate surface area is 156 Å². The standard InChI is InChI=1S/C17H17ClN2O5S/c18-15-5-4-12(17(22)19-13-2-1-3-14(21)11-13)10-16(15)26(23,24)20-6-8-25-9-7-20/h1-5,10-11,21H,6-9H2,(H,19,22). The van der Waals surface area contributed by atoms with Crippen LogP contribution in [0.15, 0.2) is 47.4 Å². The Kier molecular flexibility index (Phi) is 5.47. The van der Waals surface area contributed by atoms with Crippen LogP contribution in [0.1, 0.15) is 10.4 Å². The number of carbonyl (C=O) groups excluding carboxylic acids is 1. The van der Waals surface area contributed by atoms with Crippen LogP contribution in [-0.4, -0.2) is 50.0 Å². The van der Waals surface area contributed by atoms with Crippen molar-refractivity contribution in [3.63, 3.8) is 0 Å². The molecule has 1 heterocycles. The maximum atomic E-state index is 12.8. The molecule has 0 spiro atoms. The SMILES string of the molecule is O=C(Nc1cccc(O)c1)c1ccc(Cl)c(S(=O)(=O)N2CCOCC2)c1. The van der Waals surface area contributed by atoms with Crippen LogP contribution in [0.4, 0.5) is 5.69 Å². The van der Waals surface area contributed by atoms with E-state index in [4.69, 9.17) is 16.3 Å². The number of aromatic hydroxyl groups is 1. The number of hydrogen-bond acceptors (Lipinski definition) is 5. The summed E-state index contributed by atoms with van der Waals surface area (Å²) in [4.78, 5) is 12.3. The molecule has 0 saturated carbocycles. The third-order valence-electron chi connectivity index (χ3n) is 3.89. The van der Waals surface area contributed by atoms with Crippen LogP contribution in [0.3, 0.4) is 0 Å². The van der Waals surface area contributed by atoms with E-state index in [0.29, 0.717) is 18.9 Å². The number of halogens is 1. The second-order valence-corrected chi connectivity index (χ2v) is 7.98. The molecule has 1 amide bonds. The van der Waals surface area contributed by atoms with E-state index < -0.39 is 15.9 Å². The molecule has 0 unspecified atom stereocenters. The fourth-order valence-electron chi connectivity index (χ4n) is 2.56. The molecule has 2 aromatic carbocycles. The zero-order valence-corrected chi connectivity index (χ0v) is 15.3. The molecule has 2 N–H and O–H groups in total. The third kappa shape index (κ3) is 3.99. The van der Waals surface area contributed by atoms with Gasteiger partial charge in [0.05, 0.1) is 18.2 Å². The van der Waals surface area contributed by atoms with Crippen LogP contribution >= 0.6 is 11.6 Å². The summed E-state index contributed by atoms with van der Waals surface area (Å²) in [5.74, 6) is -0.500. The molecule has 0 radical (unpaired) electrons. The molecular formula is C17H17ClN2O5S. The van der Waals surface area contributed by atoms with E-state index >= 15 is 0 Å². The van der Waals surface area contributed by atoms with E-state index in [1.807, 2.05) is 0 Å². The molecule has 0 aliphatic carbocycles. The fourth-order valence-corrected chi connectivity index (χ4v) is 4.46. The van der Waals surface area contributed by atoms with Crippen molar-refractivity contribution in [3.8, 4) is 5.75 Å². The number of morpholine rings is 1. The largest absolute Gasteiger partial charge is 0.508 e. The average Bonchev–Trinajstić information content (AvgIpc) is 2.62. The second-order valence-electron chi connectivity index (χ2n) is 5.67. The van der Waals surface area contributed by atoms with Gasteiger partial charge in [-0.1, -0.05) is 17.7 Å². The highest BCUT2D eigenvalue weighted by Crippen LogP contribution is 2.27. The topological polar surface area (TPSA) is 95.9 Å². The van der Waals surface area contributed by atoms with Crippen LogP contribution in [-0.2, 0) is 14.8 Å². The van der Waals surface area contributed by atoms with Gasteiger partial charge in [-0.15, -0.1) is 0 Å². The Bertz CT molecular complexity index is 927. The predicted molar refractivity (Wildman–Crippen MR) is 97.1 cm³/mol. The number of phenolic OH excluding ortho intramolecular Hbond substituents is 1. The summed E-state index contributed by atoms with van der Waals surface area (Å²) < 4.78 is 32.1. The van der Waals surface area contributed by atoms with E-state index in [-0.39, 0.29) is 34.3 Å². The summed E-state index contributed by atoms with van der Waals surface area (Å²) in [7, 11) is -3.83. The minimum atomic E-state index is -3.83. The van der Waals surface area contributed by atoms with Gasteiger partial charge < -0.3 is 15.2 Å². The van der Waals surface area contributed by atoms with E-state index in [0.717, 1.165) is 0 Å². The van der Waals surface area contributed by atoms with Gasteiger partial charge in [-0.25, -0.2) is 8.42 Å². The molecule has 1 saturated heterocycles. The number of nitrogens with zero attached hydrogens (tertiary/aromatic N) is 1. The first-order valence-electron chi connectivity index (χ1n) is 7.86. The van der Waals surface area contributed by atoms with Gasteiger partial charge in [-0.3, -0.25) is 4.79 Å². The first kappa shape index (κ1) is 18.7. The smallest absolute Gasteiger partial charge is 0.255 e. The van der Waals surface area contributed by atoms with Crippen LogP contribution in [0, 0.1) is 0 Å². The van der Waals surface area contributed by atoms with Crippen molar-refractivity contribution in [1.29, 1.82) is 0 Å². The number of carbonyl (C=O) groups is 1. The van der Waals surface area contributed by atoms with Gasteiger partial charge >= 0.3 is 0 Å². The molecule has 3 rings (SSSR count). The lowest BCUT2D eigenvalue weighted by molar-refractivity contribution is 0.0730. The van der Waals surface area contributed by atoms with Gasteiger partial charge in [-0.2, -0.15) is 4.31 Å². The summed E-state index contributed by atoms with van der Waals surface area (Å²) in [6.07, 6.45) is 0. The van der Waals surface area contributed by atoms with Crippen molar-refractivity contribution in [2.45, 2.75) is 4.90 Å². The average molecular weight is 397 g/mol. The molecule has 7 nitrogen and oxygen atoms in total. The summed E-state index contributed by atoms with van der Waals surface area (Å²) in [5.41, 5.74) is 0.534. The molecule has 0 aromatic heterocycles. The maximum absolute atomic E-state index is 12.8. The molecule has 0 bridgehead atoms. The molecule has 1 fully saturated rings. The molecule has 2 aromatic rings. The van der Waals surface area contributed by atoms with Gasteiger partial charge in [0.25, 0.3) is 5.91 Å². The van der Waals surface area contributed by atoms with Crippen LogP contribution in [0.25, 0.3) is 0 Å². The van der Waals surface area contributed by atoms with Crippen molar-refractivity contribution in [2.75, 3.05) is 31.6 Å². The van der Waals surface area contributed by atoms with E-state index in [9.17, 15) is 18.3 Å². The molecule has 1 aliphatic rings. The zero-order chi connectivity index (χ0) is 18.7. The Morgan fingerprint density at radius 2 is 1.88 bits per heavy atom. The fraction of sp³-hybridized carbons (Fsp3) is 0.235. The monoisotopic (exact) mass is 396 g/mol. The van der Waals surface area contributed by atoms with E-state index in [2.05, 4.69) is 5.32 Å². The van der Waals surface area contributed by atoms with Gasteiger partial charge in [0.15, 0.2) is 0 Å². The van der Waals surface area contributed by atoms with Gasteiger partial charge in [0, 0.05) is 30.4 Å². The van der Waals surface area contributed by atoms with E-state index in [1.165, 1.54) is 34.6 Å². The molecule has 1 aliphatic heterocycles.